The summed E-state index contributed by atoms with van der Waals surface area (Å²) in [7, 11) is 1.63. The smallest absolute Gasteiger partial charge is 0.256 e. The van der Waals surface area contributed by atoms with Crippen molar-refractivity contribution in [3.05, 3.63) is 24.3 Å². The lowest BCUT2D eigenvalue weighted by Crippen LogP contribution is -2.47. The summed E-state index contributed by atoms with van der Waals surface area (Å²) in [5, 5.41) is 3.77. The molecule has 1 aliphatic carbocycles. The third-order valence-electron chi connectivity index (χ3n) is 4.22. The van der Waals surface area contributed by atoms with E-state index < -0.39 is 5.60 Å². The standard InChI is InChI=1S/C17H24BrNO3/c1-13-4-3-9-17(12-13,21-2)16(20)19-14-5-7-15(8-6-14)22-11-10-18/h5-8,13H,3-4,9-12H2,1-2H3,(H,19,20)/t13-,17-/m0/s1. The normalized spacial score (nSPS) is 24.8. The molecular weight excluding hydrogens is 346 g/mol. The van der Waals surface area contributed by atoms with Gasteiger partial charge >= 0.3 is 0 Å². The van der Waals surface area contributed by atoms with Gasteiger partial charge in [-0.05, 0) is 49.4 Å². The number of carbonyl (C=O) groups excluding carboxylic acids is 1. The Labute approximate surface area is 140 Å². The predicted octanol–water partition coefficient (Wildman–Crippen LogP) is 3.99. The molecule has 1 aromatic carbocycles. The summed E-state index contributed by atoms with van der Waals surface area (Å²) in [6, 6.07) is 7.44. The van der Waals surface area contributed by atoms with Crippen LogP contribution in [0.4, 0.5) is 5.69 Å². The van der Waals surface area contributed by atoms with E-state index in [1.165, 1.54) is 0 Å². The Hall–Kier alpha value is -1.07. The molecule has 0 saturated heterocycles. The second-order valence-electron chi connectivity index (χ2n) is 5.92. The number of alkyl halides is 1. The quantitative estimate of drug-likeness (QED) is 0.771. The van der Waals surface area contributed by atoms with Crippen LogP contribution in [0.3, 0.4) is 0 Å². The van der Waals surface area contributed by atoms with Gasteiger partial charge in [-0.15, -0.1) is 0 Å². The van der Waals surface area contributed by atoms with Crippen molar-refractivity contribution in [3.63, 3.8) is 0 Å². The molecule has 1 N–H and O–H groups in total. The maximum Gasteiger partial charge on any atom is 0.256 e. The minimum atomic E-state index is -0.692. The number of halogens is 1. The van der Waals surface area contributed by atoms with E-state index in [9.17, 15) is 4.79 Å². The molecule has 122 valence electrons. The van der Waals surface area contributed by atoms with Gasteiger partial charge in [0, 0.05) is 18.1 Å². The fourth-order valence-corrected chi connectivity index (χ4v) is 3.19. The largest absolute Gasteiger partial charge is 0.493 e. The lowest BCUT2D eigenvalue weighted by molar-refractivity contribution is -0.143. The Bertz CT molecular complexity index is 491. The molecular formula is C17H24BrNO3. The molecule has 0 spiro atoms. The van der Waals surface area contributed by atoms with Gasteiger partial charge in [-0.2, -0.15) is 0 Å². The highest BCUT2D eigenvalue weighted by atomic mass is 79.9. The molecule has 1 fully saturated rings. The van der Waals surface area contributed by atoms with Crippen LogP contribution in [0, 0.1) is 5.92 Å². The summed E-state index contributed by atoms with van der Waals surface area (Å²) in [4.78, 5) is 12.6. The van der Waals surface area contributed by atoms with Crippen molar-refractivity contribution in [1.82, 2.24) is 0 Å². The van der Waals surface area contributed by atoms with Crippen LogP contribution in [0.5, 0.6) is 5.75 Å². The number of benzene rings is 1. The fourth-order valence-electron chi connectivity index (χ4n) is 3.02. The van der Waals surface area contributed by atoms with Gasteiger partial charge in [0.25, 0.3) is 5.91 Å². The SMILES string of the molecule is CO[C@@]1(C(=O)Nc2ccc(OCCBr)cc2)CCC[C@H](C)C1. The molecule has 1 amide bonds. The highest BCUT2D eigenvalue weighted by molar-refractivity contribution is 9.09. The van der Waals surface area contributed by atoms with E-state index in [4.69, 9.17) is 9.47 Å². The second-order valence-corrected chi connectivity index (χ2v) is 6.71. The van der Waals surface area contributed by atoms with E-state index in [2.05, 4.69) is 28.2 Å². The van der Waals surface area contributed by atoms with Crippen LogP contribution in [0.2, 0.25) is 0 Å². The predicted molar refractivity (Wildman–Crippen MR) is 91.7 cm³/mol. The third kappa shape index (κ3) is 4.23. The average molecular weight is 370 g/mol. The molecule has 5 heteroatoms. The van der Waals surface area contributed by atoms with Crippen molar-refractivity contribution in [2.75, 3.05) is 24.4 Å². The minimum absolute atomic E-state index is 0.0457. The first-order valence-corrected chi connectivity index (χ1v) is 8.87. The monoisotopic (exact) mass is 369 g/mol. The summed E-state index contributed by atoms with van der Waals surface area (Å²) >= 11 is 3.32. The number of anilines is 1. The Morgan fingerprint density at radius 3 is 2.73 bits per heavy atom. The number of amides is 1. The fraction of sp³-hybridized carbons (Fsp3) is 0.588. The molecule has 22 heavy (non-hydrogen) atoms. The molecule has 0 heterocycles. The van der Waals surface area contributed by atoms with E-state index in [1.54, 1.807) is 7.11 Å². The molecule has 0 aromatic heterocycles. The summed E-state index contributed by atoms with van der Waals surface area (Å²) < 4.78 is 11.1. The highest BCUT2D eigenvalue weighted by Crippen LogP contribution is 2.35. The van der Waals surface area contributed by atoms with E-state index >= 15 is 0 Å². The Balaban J connectivity index is 2.00. The van der Waals surface area contributed by atoms with E-state index in [-0.39, 0.29) is 5.91 Å². The van der Waals surface area contributed by atoms with Gasteiger partial charge in [0.15, 0.2) is 0 Å². The topological polar surface area (TPSA) is 47.6 Å². The summed E-state index contributed by atoms with van der Waals surface area (Å²) in [5.74, 6) is 1.26. The average Bonchev–Trinajstić information content (AvgIpc) is 2.54. The second kappa shape index (κ2) is 7.97. The van der Waals surface area contributed by atoms with Crippen molar-refractivity contribution >= 4 is 27.5 Å². The maximum absolute atomic E-state index is 12.6. The molecule has 0 radical (unpaired) electrons. The van der Waals surface area contributed by atoms with Crippen molar-refractivity contribution < 1.29 is 14.3 Å². The summed E-state index contributed by atoms with van der Waals surface area (Å²) in [6.45, 7) is 2.80. The van der Waals surface area contributed by atoms with Gasteiger partial charge in [0.05, 0.1) is 6.61 Å². The van der Waals surface area contributed by atoms with Crippen molar-refractivity contribution in [2.45, 2.75) is 38.2 Å². The lowest BCUT2D eigenvalue weighted by atomic mass is 9.78. The molecule has 1 saturated carbocycles. The van der Waals surface area contributed by atoms with Crippen LogP contribution >= 0.6 is 15.9 Å². The van der Waals surface area contributed by atoms with E-state index in [1.807, 2.05) is 24.3 Å². The third-order valence-corrected chi connectivity index (χ3v) is 4.54. The van der Waals surface area contributed by atoms with E-state index in [0.717, 1.165) is 42.5 Å². The first-order valence-electron chi connectivity index (χ1n) is 7.75. The number of carbonyl (C=O) groups is 1. The number of nitrogens with one attached hydrogen (secondary N) is 1. The molecule has 1 aromatic rings. The maximum atomic E-state index is 12.6. The minimum Gasteiger partial charge on any atom is -0.493 e. The van der Waals surface area contributed by atoms with Crippen LogP contribution in [0.25, 0.3) is 0 Å². The first-order chi connectivity index (χ1) is 10.6. The molecule has 4 nitrogen and oxygen atoms in total. The molecule has 2 rings (SSSR count). The Kier molecular flexibility index (Phi) is 6.26. The number of hydrogen-bond acceptors (Lipinski definition) is 3. The Morgan fingerprint density at radius 2 is 2.14 bits per heavy atom. The van der Waals surface area contributed by atoms with Crippen LogP contribution in [-0.2, 0) is 9.53 Å². The molecule has 0 bridgehead atoms. The number of methoxy groups -OCH3 is 1. The molecule has 2 atom stereocenters. The van der Waals surface area contributed by atoms with Gasteiger partial charge in [0.2, 0.25) is 0 Å². The Morgan fingerprint density at radius 1 is 1.41 bits per heavy atom. The first kappa shape index (κ1) is 17.3. The van der Waals surface area contributed by atoms with Gasteiger partial charge in [-0.3, -0.25) is 4.79 Å². The lowest BCUT2D eigenvalue weighted by Gasteiger charge is -2.37. The van der Waals surface area contributed by atoms with E-state index in [0.29, 0.717) is 12.5 Å². The number of rotatable bonds is 6. The molecule has 1 aliphatic rings. The van der Waals surface area contributed by atoms with Crippen LogP contribution in [-0.4, -0.2) is 30.6 Å². The van der Waals surface area contributed by atoms with Gasteiger partial charge in [-0.25, -0.2) is 0 Å². The van der Waals surface area contributed by atoms with Crippen LogP contribution in [0.1, 0.15) is 32.6 Å². The van der Waals surface area contributed by atoms with Crippen molar-refractivity contribution in [3.8, 4) is 5.75 Å². The molecule has 0 unspecified atom stereocenters. The summed E-state index contributed by atoms with van der Waals surface area (Å²) in [5.41, 5.74) is 0.0776. The summed E-state index contributed by atoms with van der Waals surface area (Å²) in [6.07, 6.45) is 3.76. The van der Waals surface area contributed by atoms with Crippen LogP contribution in [0.15, 0.2) is 24.3 Å². The number of ether oxygens (including phenoxy) is 2. The van der Waals surface area contributed by atoms with Crippen LogP contribution < -0.4 is 10.1 Å². The van der Waals surface area contributed by atoms with Gasteiger partial charge < -0.3 is 14.8 Å². The van der Waals surface area contributed by atoms with Crippen molar-refractivity contribution in [1.29, 1.82) is 0 Å². The molecule has 0 aliphatic heterocycles. The zero-order valence-corrected chi connectivity index (χ0v) is 14.8. The van der Waals surface area contributed by atoms with Gasteiger partial charge in [-0.1, -0.05) is 29.3 Å². The van der Waals surface area contributed by atoms with Gasteiger partial charge in [0.1, 0.15) is 11.4 Å². The number of hydrogen-bond donors (Lipinski definition) is 1. The zero-order chi connectivity index (χ0) is 16.0. The highest BCUT2D eigenvalue weighted by Gasteiger charge is 2.41. The van der Waals surface area contributed by atoms with Crippen molar-refractivity contribution in [2.24, 2.45) is 5.92 Å². The zero-order valence-electron chi connectivity index (χ0n) is 13.2.